The van der Waals surface area contributed by atoms with E-state index >= 15 is 0 Å². The first-order valence-electron chi connectivity index (χ1n) is 6.81. The number of halogens is 1. The number of piperazine rings is 1. The Hall–Kier alpha value is -1.60. The van der Waals surface area contributed by atoms with Gasteiger partial charge >= 0.3 is 0 Å². The molecule has 1 fully saturated rings. The fraction of sp³-hybridized carbons (Fsp3) is 0.429. The lowest BCUT2D eigenvalue weighted by Crippen LogP contribution is -2.48. The number of benzene rings is 1. The third kappa shape index (κ3) is 2.40. The van der Waals surface area contributed by atoms with Crippen molar-refractivity contribution < 1.29 is 9.59 Å². The van der Waals surface area contributed by atoms with Crippen molar-refractivity contribution >= 4 is 39.1 Å². The smallest absolute Gasteiger partial charge is 0.246 e. The molecule has 1 atom stereocenters. The first-order chi connectivity index (χ1) is 10.0. The summed E-state index contributed by atoms with van der Waals surface area (Å²) < 4.78 is 0.898. The summed E-state index contributed by atoms with van der Waals surface area (Å²) in [7, 11) is 3.58. The Bertz CT molecular complexity index is 619. The summed E-state index contributed by atoms with van der Waals surface area (Å²) in [6, 6.07) is 3.57. The Balaban J connectivity index is 1.94. The second-order valence-corrected chi connectivity index (χ2v) is 6.19. The fourth-order valence-electron chi connectivity index (χ4n) is 2.76. The molecule has 2 aliphatic rings. The number of nitrogens with zero attached hydrogens (tertiary/aromatic N) is 2. The second kappa shape index (κ2) is 5.31. The van der Waals surface area contributed by atoms with Gasteiger partial charge in [0.25, 0.3) is 0 Å². The van der Waals surface area contributed by atoms with Crippen LogP contribution in [-0.4, -0.2) is 50.4 Å². The van der Waals surface area contributed by atoms with Gasteiger partial charge in [-0.05, 0) is 35.1 Å². The number of carbonyl (C=O) groups is 2. The Labute approximate surface area is 131 Å². The molecule has 2 aliphatic heterocycles. The molecule has 2 amide bonds. The maximum absolute atomic E-state index is 11.9. The molecule has 112 valence electrons. The van der Waals surface area contributed by atoms with E-state index in [9.17, 15) is 9.59 Å². The van der Waals surface area contributed by atoms with Crippen molar-refractivity contribution in [3.8, 4) is 0 Å². The zero-order valence-electron chi connectivity index (χ0n) is 11.9. The van der Waals surface area contributed by atoms with Crippen LogP contribution in [0.4, 0.5) is 11.4 Å². The maximum atomic E-state index is 11.9. The second-order valence-electron chi connectivity index (χ2n) is 5.34. The average molecular weight is 353 g/mol. The molecular formula is C14H17BrN4O2. The van der Waals surface area contributed by atoms with Crippen LogP contribution in [0.2, 0.25) is 0 Å². The lowest BCUT2D eigenvalue weighted by molar-refractivity contribution is -0.129. The summed E-state index contributed by atoms with van der Waals surface area (Å²) >= 11 is 3.56. The molecule has 0 bridgehead atoms. The molecule has 0 spiro atoms. The van der Waals surface area contributed by atoms with Crippen molar-refractivity contribution in [2.45, 2.75) is 6.04 Å². The van der Waals surface area contributed by atoms with E-state index in [0.717, 1.165) is 28.0 Å². The van der Waals surface area contributed by atoms with Crippen molar-refractivity contribution in [3.05, 3.63) is 22.2 Å². The van der Waals surface area contributed by atoms with Gasteiger partial charge in [0.15, 0.2) is 0 Å². The maximum Gasteiger partial charge on any atom is 0.246 e. The summed E-state index contributed by atoms with van der Waals surface area (Å²) in [5, 5.41) is 5.88. The van der Waals surface area contributed by atoms with E-state index in [1.807, 2.05) is 24.1 Å². The zero-order valence-corrected chi connectivity index (χ0v) is 13.5. The number of carbonyl (C=O) groups excluding carboxylic acids is 2. The van der Waals surface area contributed by atoms with E-state index in [-0.39, 0.29) is 17.9 Å². The van der Waals surface area contributed by atoms with E-state index in [2.05, 4.69) is 26.6 Å². The van der Waals surface area contributed by atoms with Gasteiger partial charge in [-0.1, -0.05) is 0 Å². The van der Waals surface area contributed by atoms with Gasteiger partial charge in [-0.2, -0.15) is 0 Å². The molecule has 21 heavy (non-hydrogen) atoms. The van der Waals surface area contributed by atoms with Gasteiger partial charge in [-0.15, -0.1) is 0 Å². The van der Waals surface area contributed by atoms with Gasteiger partial charge in [-0.25, -0.2) is 0 Å². The molecule has 7 heteroatoms. The number of amides is 2. The van der Waals surface area contributed by atoms with Crippen molar-refractivity contribution in [3.63, 3.8) is 0 Å². The van der Waals surface area contributed by atoms with E-state index in [1.165, 1.54) is 0 Å². The molecular weight excluding hydrogens is 336 g/mol. The topological polar surface area (TPSA) is 64.7 Å². The summed E-state index contributed by atoms with van der Waals surface area (Å²) in [5.41, 5.74) is 2.68. The number of hydrogen-bond donors (Lipinski definition) is 2. The quantitative estimate of drug-likeness (QED) is 0.831. The number of hydrogen-bond acceptors (Lipinski definition) is 4. The standard InChI is InChI=1S/C14H17BrN4O2/c1-16-13-8-5-9(15)11(6-10(8)17-14(13)21)19-4-3-18(2)12(20)7-19/h5-6,13,16H,3-4,7H2,1-2H3,(H,17,21). The summed E-state index contributed by atoms with van der Waals surface area (Å²) in [6.45, 7) is 1.84. The first-order valence-corrected chi connectivity index (χ1v) is 7.61. The lowest BCUT2D eigenvalue weighted by Gasteiger charge is -2.34. The molecule has 2 heterocycles. The first kappa shape index (κ1) is 14.3. The van der Waals surface area contributed by atoms with E-state index < -0.39 is 0 Å². The molecule has 1 aromatic carbocycles. The van der Waals surface area contributed by atoms with E-state index in [0.29, 0.717) is 13.1 Å². The molecule has 1 aromatic rings. The van der Waals surface area contributed by atoms with Crippen LogP contribution in [0.5, 0.6) is 0 Å². The summed E-state index contributed by atoms with van der Waals surface area (Å²) in [6.07, 6.45) is 0. The van der Waals surface area contributed by atoms with Gasteiger partial charge < -0.3 is 20.4 Å². The molecule has 3 rings (SSSR count). The van der Waals surface area contributed by atoms with Crippen LogP contribution in [-0.2, 0) is 9.59 Å². The normalized spacial score (nSPS) is 21.6. The van der Waals surface area contributed by atoms with Crippen LogP contribution in [0, 0.1) is 0 Å². The van der Waals surface area contributed by atoms with Crippen LogP contribution in [0.25, 0.3) is 0 Å². The number of likely N-dealkylation sites (N-methyl/N-ethyl adjacent to an activating group) is 2. The average Bonchev–Trinajstić information content (AvgIpc) is 2.75. The Kier molecular flexibility index (Phi) is 3.62. The summed E-state index contributed by atoms with van der Waals surface area (Å²) in [4.78, 5) is 27.5. The number of fused-ring (bicyclic) bond motifs is 1. The van der Waals surface area contributed by atoms with Crippen molar-refractivity contribution in [1.29, 1.82) is 0 Å². The minimum atomic E-state index is -0.320. The highest BCUT2D eigenvalue weighted by Crippen LogP contribution is 2.39. The van der Waals surface area contributed by atoms with Crippen LogP contribution in [0.1, 0.15) is 11.6 Å². The van der Waals surface area contributed by atoms with Crippen LogP contribution in [0.15, 0.2) is 16.6 Å². The largest absolute Gasteiger partial charge is 0.359 e. The van der Waals surface area contributed by atoms with Gasteiger partial charge in [-0.3, -0.25) is 9.59 Å². The molecule has 1 saturated heterocycles. The van der Waals surface area contributed by atoms with Crippen molar-refractivity contribution in [1.82, 2.24) is 10.2 Å². The van der Waals surface area contributed by atoms with Crippen molar-refractivity contribution in [2.75, 3.05) is 43.9 Å². The molecule has 0 aromatic heterocycles. The highest BCUT2D eigenvalue weighted by Gasteiger charge is 2.31. The predicted molar refractivity (Wildman–Crippen MR) is 84.4 cm³/mol. The van der Waals surface area contributed by atoms with Crippen LogP contribution < -0.4 is 15.5 Å². The molecule has 0 radical (unpaired) electrons. The van der Waals surface area contributed by atoms with Gasteiger partial charge in [0, 0.05) is 35.9 Å². The third-order valence-electron chi connectivity index (χ3n) is 4.04. The van der Waals surface area contributed by atoms with E-state index in [1.54, 1.807) is 11.9 Å². The fourth-order valence-corrected chi connectivity index (χ4v) is 3.38. The van der Waals surface area contributed by atoms with Crippen LogP contribution in [0.3, 0.4) is 0 Å². The lowest BCUT2D eigenvalue weighted by atomic mass is 10.1. The monoisotopic (exact) mass is 352 g/mol. The Morgan fingerprint density at radius 3 is 2.76 bits per heavy atom. The van der Waals surface area contributed by atoms with Crippen molar-refractivity contribution in [2.24, 2.45) is 0 Å². The highest BCUT2D eigenvalue weighted by atomic mass is 79.9. The third-order valence-corrected chi connectivity index (χ3v) is 4.67. The predicted octanol–water partition coefficient (Wildman–Crippen LogP) is 0.940. The summed E-state index contributed by atoms with van der Waals surface area (Å²) in [5.74, 6) is 0.0526. The Morgan fingerprint density at radius 1 is 1.33 bits per heavy atom. The minimum Gasteiger partial charge on any atom is -0.359 e. The molecule has 2 N–H and O–H groups in total. The van der Waals surface area contributed by atoms with Crippen LogP contribution >= 0.6 is 15.9 Å². The van der Waals surface area contributed by atoms with Gasteiger partial charge in [0.2, 0.25) is 11.8 Å². The minimum absolute atomic E-state index is 0.0500. The Morgan fingerprint density at radius 2 is 2.10 bits per heavy atom. The van der Waals surface area contributed by atoms with Gasteiger partial charge in [0.1, 0.15) is 6.04 Å². The molecule has 1 unspecified atom stereocenters. The van der Waals surface area contributed by atoms with Gasteiger partial charge in [0.05, 0.1) is 12.2 Å². The zero-order chi connectivity index (χ0) is 15.1. The highest BCUT2D eigenvalue weighted by molar-refractivity contribution is 9.10. The number of nitrogens with one attached hydrogen (secondary N) is 2. The molecule has 0 aliphatic carbocycles. The number of rotatable bonds is 2. The van der Waals surface area contributed by atoms with E-state index in [4.69, 9.17) is 0 Å². The molecule has 6 nitrogen and oxygen atoms in total. The molecule has 0 saturated carbocycles. The SMILES string of the molecule is CNC1C(=O)Nc2cc(N3CCN(C)C(=O)C3)c(Br)cc21. The number of anilines is 2.